The summed E-state index contributed by atoms with van der Waals surface area (Å²) in [7, 11) is -1.92. The molecule has 2 aromatic rings. The Balaban J connectivity index is 2.44. The Labute approximate surface area is 134 Å². The molecule has 0 saturated heterocycles. The molecule has 3 heteroatoms. The molecule has 0 N–H and O–H groups in total. The van der Waals surface area contributed by atoms with E-state index < -0.39 is 14.6 Å². The molecule has 0 fully saturated rings. The molecule has 0 spiro atoms. The fourth-order valence-corrected chi connectivity index (χ4v) is 4.91. The van der Waals surface area contributed by atoms with E-state index in [1.54, 1.807) is 0 Å². The topological polar surface area (TPSA) is 26.3 Å². The molecule has 22 heavy (non-hydrogen) atoms. The average Bonchev–Trinajstić information content (AvgIpc) is 2.53. The van der Waals surface area contributed by atoms with Crippen molar-refractivity contribution >= 4 is 25.7 Å². The minimum absolute atomic E-state index is 0.260. The summed E-state index contributed by atoms with van der Waals surface area (Å²) in [5.74, 6) is 0. The minimum atomic E-state index is -1.92. The smallest absolute Gasteiger partial charge is 0.241 e. The van der Waals surface area contributed by atoms with Crippen LogP contribution in [0.4, 0.5) is 0 Å². The maximum Gasteiger partial charge on any atom is 0.241 e. The largest absolute Gasteiger partial charge is 0.398 e. The van der Waals surface area contributed by atoms with Crippen LogP contribution < -0.4 is 10.4 Å². The van der Waals surface area contributed by atoms with E-state index in [4.69, 9.17) is 4.43 Å². The maximum atomic E-state index is 11.8. The zero-order chi connectivity index (χ0) is 16.2. The summed E-state index contributed by atoms with van der Waals surface area (Å²) in [6, 6.07) is 20.5. The van der Waals surface area contributed by atoms with Gasteiger partial charge in [0.15, 0.2) is 6.29 Å². The molecule has 0 aliphatic rings. The van der Waals surface area contributed by atoms with Crippen molar-refractivity contribution in [1.29, 1.82) is 0 Å². The standard InChI is InChI=1S/C19H24O2Si/c1-18(2,3)19(4,15-20)21-22(16-11-7-5-8-12-16)17-13-9-6-10-14-17/h5-15,22H,1-4H3. The molecule has 2 aromatic carbocycles. The van der Waals surface area contributed by atoms with E-state index in [2.05, 4.69) is 24.3 Å². The second-order valence-electron chi connectivity index (χ2n) is 6.79. The van der Waals surface area contributed by atoms with Crippen LogP contribution in [0.5, 0.6) is 0 Å². The van der Waals surface area contributed by atoms with Gasteiger partial charge in [0, 0.05) is 0 Å². The van der Waals surface area contributed by atoms with Crippen LogP contribution in [0.3, 0.4) is 0 Å². The van der Waals surface area contributed by atoms with Crippen molar-refractivity contribution in [3.05, 3.63) is 60.7 Å². The van der Waals surface area contributed by atoms with Gasteiger partial charge in [0.1, 0.15) is 5.60 Å². The maximum absolute atomic E-state index is 11.8. The first kappa shape index (κ1) is 16.7. The summed E-state index contributed by atoms with van der Waals surface area (Å²) >= 11 is 0. The van der Waals surface area contributed by atoms with Crippen LogP contribution in [0.2, 0.25) is 0 Å². The van der Waals surface area contributed by atoms with Crippen LogP contribution in [0.15, 0.2) is 60.7 Å². The van der Waals surface area contributed by atoms with Gasteiger partial charge in [-0.15, -0.1) is 0 Å². The zero-order valence-corrected chi connectivity index (χ0v) is 14.9. The van der Waals surface area contributed by atoms with Crippen LogP contribution in [0, 0.1) is 5.41 Å². The fraction of sp³-hybridized carbons (Fsp3) is 0.316. The van der Waals surface area contributed by atoms with Gasteiger partial charge in [0.05, 0.1) is 0 Å². The average molecular weight is 312 g/mol. The van der Waals surface area contributed by atoms with E-state index in [-0.39, 0.29) is 5.41 Å². The van der Waals surface area contributed by atoms with Gasteiger partial charge in [0.2, 0.25) is 9.04 Å². The van der Waals surface area contributed by atoms with Crippen molar-refractivity contribution in [2.45, 2.75) is 33.3 Å². The Morgan fingerprint density at radius 3 is 1.55 bits per heavy atom. The van der Waals surface area contributed by atoms with Crippen molar-refractivity contribution in [2.24, 2.45) is 5.41 Å². The van der Waals surface area contributed by atoms with Crippen molar-refractivity contribution in [3.63, 3.8) is 0 Å². The summed E-state index contributed by atoms with van der Waals surface area (Å²) < 4.78 is 6.49. The number of carbonyl (C=O) groups excluding carboxylic acids is 1. The lowest BCUT2D eigenvalue weighted by molar-refractivity contribution is -0.128. The summed E-state index contributed by atoms with van der Waals surface area (Å²) in [6.45, 7) is 8.03. The summed E-state index contributed by atoms with van der Waals surface area (Å²) in [5.41, 5.74) is -1.07. The fourth-order valence-electron chi connectivity index (χ4n) is 2.21. The second kappa shape index (κ2) is 6.59. The lowest BCUT2D eigenvalue weighted by atomic mass is 9.79. The van der Waals surface area contributed by atoms with Crippen LogP contribution >= 0.6 is 0 Å². The molecule has 0 saturated carbocycles. The van der Waals surface area contributed by atoms with Crippen molar-refractivity contribution in [3.8, 4) is 0 Å². The van der Waals surface area contributed by atoms with Crippen molar-refractivity contribution in [1.82, 2.24) is 0 Å². The van der Waals surface area contributed by atoms with E-state index in [1.165, 1.54) is 10.4 Å². The van der Waals surface area contributed by atoms with E-state index in [0.29, 0.717) is 0 Å². The van der Waals surface area contributed by atoms with E-state index in [0.717, 1.165) is 6.29 Å². The Hall–Kier alpha value is -1.71. The highest BCUT2D eigenvalue weighted by molar-refractivity contribution is 6.80. The number of carbonyl (C=O) groups is 1. The Kier molecular flexibility index (Phi) is 4.99. The Bertz CT molecular complexity index is 565. The number of hydrogen-bond acceptors (Lipinski definition) is 2. The molecule has 2 nitrogen and oxygen atoms in total. The van der Waals surface area contributed by atoms with Gasteiger partial charge in [-0.25, -0.2) is 0 Å². The number of rotatable bonds is 5. The molecule has 0 bridgehead atoms. The third-order valence-electron chi connectivity index (χ3n) is 4.28. The molecule has 2 rings (SSSR count). The van der Waals surface area contributed by atoms with Crippen molar-refractivity contribution < 1.29 is 9.22 Å². The first-order valence-corrected chi connectivity index (χ1v) is 9.24. The molecule has 116 valence electrons. The van der Waals surface area contributed by atoms with E-state index in [9.17, 15) is 4.79 Å². The SMILES string of the molecule is CC(C)(C)C(C)(C=O)O[SiH](c1ccccc1)c1ccccc1. The van der Waals surface area contributed by atoms with Crippen LogP contribution in [-0.2, 0) is 9.22 Å². The molecular formula is C19H24O2Si. The van der Waals surface area contributed by atoms with Gasteiger partial charge in [-0.3, -0.25) is 0 Å². The molecule has 1 atom stereocenters. The number of aldehydes is 1. The van der Waals surface area contributed by atoms with Crippen LogP contribution in [-0.4, -0.2) is 20.9 Å². The number of hydrogen-bond donors (Lipinski definition) is 0. The quantitative estimate of drug-likeness (QED) is 0.626. The van der Waals surface area contributed by atoms with Gasteiger partial charge in [0.25, 0.3) is 0 Å². The highest BCUT2D eigenvalue weighted by Crippen LogP contribution is 2.32. The summed E-state index contributed by atoms with van der Waals surface area (Å²) in [4.78, 5) is 11.8. The Morgan fingerprint density at radius 2 is 1.23 bits per heavy atom. The van der Waals surface area contributed by atoms with Crippen LogP contribution in [0.25, 0.3) is 0 Å². The van der Waals surface area contributed by atoms with Gasteiger partial charge in [-0.1, -0.05) is 81.4 Å². The van der Waals surface area contributed by atoms with Gasteiger partial charge in [-0.2, -0.15) is 0 Å². The predicted molar refractivity (Wildman–Crippen MR) is 94.3 cm³/mol. The Morgan fingerprint density at radius 1 is 0.818 bits per heavy atom. The van der Waals surface area contributed by atoms with Crippen LogP contribution in [0.1, 0.15) is 27.7 Å². The molecule has 1 unspecified atom stereocenters. The van der Waals surface area contributed by atoms with Gasteiger partial charge >= 0.3 is 0 Å². The predicted octanol–water partition coefficient (Wildman–Crippen LogP) is 2.54. The number of benzene rings is 2. The molecular weight excluding hydrogens is 288 g/mol. The van der Waals surface area contributed by atoms with E-state index >= 15 is 0 Å². The highest BCUT2D eigenvalue weighted by atomic mass is 28.3. The molecule has 0 aliphatic heterocycles. The zero-order valence-electron chi connectivity index (χ0n) is 13.7. The monoisotopic (exact) mass is 312 g/mol. The lowest BCUT2D eigenvalue weighted by Crippen LogP contribution is -2.55. The first-order valence-electron chi connectivity index (χ1n) is 7.61. The normalized spacial score (nSPS) is 14.6. The minimum Gasteiger partial charge on any atom is -0.398 e. The third kappa shape index (κ3) is 3.54. The molecule has 0 amide bonds. The molecule has 0 radical (unpaired) electrons. The van der Waals surface area contributed by atoms with E-state index in [1.807, 2.05) is 64.1 Å². The van der Waals surface area contributed by atoms with Gasteiger partial charge in [-0.05, 0) is 22.7 Å². The molecule has 0 aromatic heterocycles. The first-order chi connectivity index (χ1) is 10.4. The summed E-state index contributed by atoms with van der Waals surface area (Å²) in [5, 5.41) is 2.37. The van der Waals surface area contributed by atoms with Gasteiger partial charge < -0.3 is 9.22 Å². The third-order valence-corrected chi connectivity index (χ3v) is 6.99. The molecule has 0 heterocycles. The highest BCUT2D eigenvalue weighted by Gasteiger charge is 2.41. The van der Waals surface area contributed by atoms with Crippen molar-refractivity contribution in [2.75, 3.05) is 0 Å². The second-order valence-corrected chi connectivity index (χ2v) is 9.12. The summed E-state index contributed by atoms with van der Waals surface area (Å²) in [6.07, 6.45) is 0.957. The lowest BCUT2D eigenvalue weighted by Gasteiger charge is -2.40. The molecule has 0 aliphatic carbocycles.